The summed E-state index contributed by atoms with van der Waals surface area (Å²) in [5.41, 5.74) is 0.650. The van der Waals surface area contributed by atoms with E-state index >= 15 is 0 Å². The molecule has 2 rings (SSSR count). The number of piperazine rings is 1. The molecule has 1 aromatic rings. The summed E-state index contributed by atoms with van der Waals surface area (Å²) in [5, 5.41) is 8.85. The van der Waals surface area contributed by atoms with Crippen molar-refractivity contribution in [3.63, 3.8) is 0 Å². The van der Waals surface area contributed by atoms with Gasteiger partial charge < -0.3 is 9.64 Å². The number of benzene rings is 1. The Labute approximate surface area is 127 Å². The Bertz CT molecular complexity index is 473. The van der Waals surface area contributed by atoms with E-state index in [0.29, 0.717) is 18.2 Å². The Morgan fingerprint density at radius 2 is 2.00 bits per heavy atom. The lowest BCUT2D eigenvalue weighted by Crippen LogP contribution is -2.49. The third kappa shape index (κ3) is 5.04. The van der Waals surface area contributed by atoms with Crippen molar-refractivity contribution in [3.05, 3.63) is 29.8 Å². The fourth-order valence-electron chi connectivity index (χ4n) is 2.64. The van der Waals surface area contributed by atoms with Gasteiger partial charge in [0.15, 0.2) is 0 Å². The molecule has 21 heavy (non-hydrogen) atoms. The molecule has 0 saturated carbocycles. The summed E-state index contributed by atoms with van der Waals surface area (Å²) >= 11 is 0. The smallest absolute Gasteiger partial charge is 0.120 e. The van der Waals surface area contributed by atoms with Gasteiger partial charge in [-0.1, -0.05) is 6.07 Å². The molecule has 0 N–H and O–H groups in total. The maximum Gasteiger partial charge on any atom is 0.120 e. The highest BCUT2D eigenvalue weighted by atomic mass is 16.5. The molecule has 0 atom stereocenters. The minimum atomic E-state index is 0.650. The Morgan fingerprint density at radius 1 is 1.24 bits per heavy atom. The summed E-state index contributed by atoms with van der Waals surface area (Å²) in [6.07, 6.45) is 1.03. The van der Waals surface area contributed by atoms with E-state index in [1.54, 1.807) is 12.1 Å². The van der Waals surface area contributed by atoms with Crippen molar-refractivity contribution in [1.82, 2.24) is 9.80 Å². The predicted molar refractivity (Wildman–Crippen MR) is 84.4 cm³/mol. The first-order valence-electron chi connectivity index (χ1n) is 7.78. The lowest BCUT2D eigenvalue weighted by molar-refractivity contribution is 0.104. The van der Waals surface area contributed by atoms with Gasteiger partial charge in [0.05, 0.1) is 18.2 Å². The van der Waals surface area contributed by atoms with E-state index in [9.17, 15) is 0 Å². The lowest BCUT2D eigenvalue weighted by atomic mass is 10.2. The Morgan fingerprint density at radius 3 is 2.67 bits per heavy atom. The van der Waals surface area contributed by atoms with E-state index in [1.165, 1.54) is 13.1 Å². The second kappa shape index (κ2) is 8.02. The fraction of sp³-hybridized carbons (Fsp3) is 0.588. The third-order valence-corrected chi connectivity index (χ3v) is 3.99. The highest BCUT2D eigenvalue weighted by Gasteiger charge is 2.17. The van der Waals surface area contributed by atoms with Gasteiger partial charge in [-0.3, -0.25) is 4.90 Å². The summed E-state index contributed by atoms with van der Waals surface area (Å²) in [6.45, 7) is 11.0. The SMILES string of the molecule is CC(C)N1CCN(CCCOc2cccc(C#N)c2)CC1. The molecule has 0 unspecified atom stereocenters. The van der Waals surface area contributed by atoms with E-state index < -0.39 is 0 Å². The van der Waals surface area contributed by atoms with Crippen molar-refractivity contribution in [2.45, 2.75) is 26.3 Å². The molecule has 114 valence electrons. The topological polar surface area (TPSA) is 39.5 Å². The molecule has 4 nitrogen and oxygen atoms in total. The highest BCUT2D eigenvalue weighted by molar-refractivity contribution is 5.36. The van der Waals surface area contributed by atoms with Crippen LogP contribution in [0.5, 0.6) is 5.75 Å². The van der Waals surface area contributed by atoms with Gasteiger partial charge in [0, 0.05) is 38.8 Å². The van der Waals surface area contributed by atoms with E-state index in [-0.39, 0.29) is 0 Å². The first-order valence-corrected chi connectivity index (χ1v) is 7.78. The number of nitriles is 1. The standard InChI is InChI=1S/C17H25N3O/c1-15(2)20-10-8-19(9-11-20)7-4-12-21-17-6-3-5-16(13-17)14-18/h3,5-6,13,15H,4,7-12H2,1-2H3. The van der Waals surface area contributed by atoms with Crippen molar-refractivity contribution < 1.29 is 4.74 Å². The van der Waals surface area contributed by atoms with Gasteiger partial charge in [0.2, 0.25) is 0 Å². The Kier molecular flexibility index (Phi) is 6.04. The molecule has 0 aromatic heterocycles. The average Bonchev–Trinajstić information content (AvgIpc) is 2.52. The van der Waals surface area contributed by atoms with Crippen LogP contribution in [0.3, 0.4) is 0 Å². The van der Waals surface area contributed by atoms with Crippen LogP contribution in [0, 0.1) is 11.3 Å². The van der Waals surface area contributed by atoms with Gasteiger partial charge in [-0.05, 0) is 38.5 Å². The van der Waals surface area contributed by atoms with Crippen LogP contribution in [0.4, 0.5) is 0 Å². The van der Waals surface area contributed by atoms with Gasteiger partial charge in [-0.15, -0.1) is 0 Å². The lowest BCUT2D eigenvalue weighted by Gasteiger charge is -2.36. The zero-order chi connectivity index (χ0) is 15.1. The highest BCUT2D eigenvalue weighted by Crippen LogP contribution is 2.13. The van der Waals surface area contributed by atoms with E-state index in [1.807, 2.05) is 12.1 Å². The summed E-state index contributed by atoms with van der Waals surface area (Å²) < 4.78 is 5.71. The van der Waals surface area contributed by atoms with E-state index in [4.69, 9.17) is 10.00 Å². The van der Waals surface area contributed by atoms with E-state index in [2.05, 4.69) is 29.7 Å². The molecule has 0 radical (unpaired) electrons. The molecule has 1 aromatic carbocycles. The summed E-state index contributed by atoms with van der Waals surface area (Å²) in [7, 11) is 0. The van der Waals surface area contributed by atoms with Crippen LogP contribution in [0.1, 0.15) is 25.8 Å². The fourth-order valence-corrected chi connectivity index (χ4v) is 2.64. The third-order valence-electron chi connectivity index (χ3n) is 3.99. The van der Waals surface area contributed by atoms with Gasteiger partial charge in [0.25, 0.3) is 0 Å². The molecule has 0 spiro atoms. The molecule has 4 heteroatoms. The van der Waals surface area contributed by atoms with Crippen LogP contribution < -0.4 is 4.74 Å². The second-order valence-electron chi connectivity index (χ2n) is 5.81. The summed E-state index contributed by atoms with van der Waals surface area (Å²) in [4.78, 5) is 5.04. The molecule has 1 aliphatic rings. The average molecular weight is 287 g/mol. The molecular weight excluding hydrogens is 262 g/mol. The number of rotatable bonds is 6. The minimum absolute atomic E-state index is 0.650. The van der Waals surface area contributed by atoms with Crippen molar-refractivity contribution >= 4 is 0 Å². The molecule has 1 aliphatic heterocycles. The first-order chi connectivity index (χ1) is 10.2. The van der Waals surface area contributed by atoms with Crippen molar-refractivity contribution in [3.8, 4) is 11.8 Å². The normalized spacial score (nSPS) is 16.9. The number of hydrogen-bond acceptors (Lipinski definition) is 4. The minimum Gasteiger partial charge on any atom is -0.494 e. The van der Waals surface area contributed by atoms with Gasteiger partial charge in [-0.25, -0.2) is 0 Å². The monoisotopic (exact) mass is 287 g/mol. The maximum absolute atomic E-state index is 8.85. The quantitative estimate of drug-likeness (QED) is 0.753. The number of nitrogens with zero attached hydrogens (tertiary/aromatic N) is 3. The van der Waals surface area contributed by atoms with Gasteiger partial charge >= 0.3 is 0 Å². The van der Waals surface area contributed by atoms with E-state index in [0.717, 1.165) is 31.8 Å². The molecular formula is C17H25N3O. The maximum atomic E-state index is 8.85. The van der Waals surface area contributed by atoms with Crippen LogP contribution in [-0.2, 0) is 0 Å². The van der Waals surface area contributed by atoms with Crippen LogP contribution in [0.25, 0.3) is 0 Å². The molecule has 1 heterocycles. The van der Waals surface area contributed by atoms with Gasteiger partial charge in [-0.2, -0.15) is 5.26 Å². The molecule has 1 saturated heterocycles. The van der Waals surface area contributed by atoms with Crippen LogP contribution in [0.2, 0.25) is 0 Å². The van der Waals surface area contributed by atoms with Crippen molar-refractivity contribution in [1.29, 1.82) is 5.26 Å². The van der Waals surface area contributed by atoms with Crippen LogP contribution in [0.15, 0.2) is 24.3 Å². The number of hydrogen-bond donors (Lipinski definition) is 0. The van der Waals surface area contributed by atoms with Crippen LogP contribution in [-0.4, -0.2) is 55.2 Å². The van der Waals surface area contributed by atoms with Crippen molar-refractivity contribution in [2.24, 2.45) is 0 Å². The molecule has 0 amide bonds. The predicted octanol–water partition coefficient (Wildman–Crippen LogP) is 2.35. The number of ether oxygens (including phenoxy) is 1. The zero-order valence-corrected chi connectivity index (χ0v) is 13.1. The first kappa shape index (κ1) is 15.8. The zero-order valence-electron chi connectivity index (χ0n) is 13.1. The second-order valence-corrected chi connectivity index (χ2v) is 5.81. The Balaban J connectivity index is 1.63. The molecule has 0 aliphatic carbocycles. The van der Waals surface area contributed by atoms with Gasteiger partial charge in [0.1, 0.15) is 5.75 Å². The van der Waals surface area contributed by atoms with Crippen LogP contribution >= 0.6 is 0 Å². The summed E-state index contributed by atoms with van der Waals surface area (Å²) in [6, 6.07) is 10.1. The summed E-state index contributed by atoms with van der Waals surface area (Å²) in [5.74, 6) is 0.790. The largest absolute Gasteiger partial charge is 0.494 e. The molecule has 1 fully saturated rings. The molecule has 0 bridgehead atoms. The van der Waals surface area contributed by atoms with Crippen molar-refractivity contribution in [2.75, 3.05) is 39.3 Å². The Hall–Kier alpha value is -1.57.